The normalized spacial score (nSPS) is 16.3. The van der Waals surface area contributed by atoms with Crippen LogP contribution in [-0.2, 0) is 28.0 Å². The van der Waals surface area contributed by atoms with Crippen LogP contribution >= 0.6 is 0 Å². The Balaban J connectivity index is 1.35. The van der Waals surface area contributed by atoms with Gasteiger partial charge >= 0.3 is 0 Å². The number of rotatable bonds is 10. The quantitative estimate of drug-likeness (QED) is 0.189. The van der Waals surface area contributed by atoms with Crippen molar-refractivity contribution in [2.45, 2.75) is 30.9 Å². The molecule has 0 spiro atoms. The van der Waals surface area contributed by atoms with Crippen molar-refractivity contribution in [1.29, 1.82) is 0 Å². The van der Waals surface area contributed by atoms with Gasteiger partial charge in [0.05, 0.1) is 18.1 Å². The molecular formula is C38H35NO2. The van der Waals surface area contributed by atoms with Crippen LogP contribution in [0, 0.1) is 5.41 Å². The molecule has 1 heterocycles. The molecule has 1 amide bonds. The molecule has 0 unspecified atom stereocenters. The number of benzene rings is 5. The average Bonchev–Trinajstić information content (AvgIpc) is 3.33. The SMILES string of the molecule is O=C1N[C@H](COC(c2ccccc2)(c2ccccc2)c2ccccc2)CC1(Cc1ccccc1)Cc1ccccc1. The average molecular weight is 538 g/mol. The first-order valence-electron chi connectivity index (χ1n) is 14.4. The van der Waals surface area contributed by atoms with E-state index in [1.165, 1.54) is 11.1 Å². The molecule has 1 atom stereocenters. The van der Waals surface area contributed by atoms with Crippen LogP contribution in [0.15, 0.2) is 152 Å². The summed E-state index contributed by atoms with van der Waals surface area (Å²) in [4.78, 5) is 13.9. The third-order valence-electron chi connectivity index (χ3n) is 8.27. The highest BCUT2D eigenvalue weighted by Gasteiger charge is 2.48. The van der Waals surface area contributed by atoms with Gasteiger partial charge in [0.25, 0.3) is 0 Å². The standard InChI is InChI=1S/C38H35NO2/c40-36-37(26-30-16-6-1-7-17-30,27-31-18-8-2-9-19-31)28-35(39-36)29-41-38(32-20-10-3-11-21-32,33-22-12-4-13-23-33)34-24-14-5-15-25-34/h1-25,35H,26-29H2,(H,39,40)/t35-/m0/s1. The van der Waals surface area contributed by atoms with Gasteiger partial charge in [-0.05, 0) is 47.1 Å². The van der Waals surface area contributed by atoms with Gasteiger partial charge in [0.1, 0.15) is 5.60 Å². The van der Waals surface area contributed by atoms with Gasteiger partial charge in [-0.25, -0.2) is 0 Å². The number of carbonyl (C=O) groups is 1. The molecule has 5 aromatic rings. The van der Waals surface area contributed by atoms with Crippen LogP contribution in [0.1, 0.15) is 34.2 Å². The van der Waals surface area contributed by atoms with Gasteiger partial charge in [-0.1, -0.05) is 152 Å². The lowest BCUT2D eigenvalue weighted by Crippen LogP contribution is -2.39. The fraction of sp³-hybridized carbons (Fsp3) is 0.184. The summed E-state index contributed by atoms with van der Waals surface area (Å²) in [6, 6.07) is 51.8. The lowest BCUT2D eigenvalue weighted by Gasteiger charge is -2.37. The van der Waals surface area contributed by atoms with E-state index in [0.29, 0.717) is 25.9 Å². The van der Waals surface area contributed by atoms with Crippen molar-refractivity contribution >= 4 is 5.91 Å². The van der Waals surface area contributed by atoms with Crippen LogP contribution in [0.25, 0.3) is 0 Å². The number of hydrogen-bond acceptors (Lipinski definition) is 2. The van der Waals surface area contributed by atoms with Crippen molar-refractivity contribution in [3.05, 3.63) is 179 Å². The van der Waals surface area contributed by atoms with Crippen LogP contribution in [0.4, 0.5) is 0 Å². The Morgan fingerprint density at radius 2 is 0.951 bits per heavy atom. The molecule has 41 heavy (non-hydrogen) atoms. The van der Waals surface area contributed by atoms with E-state index < -0.39 is 11.0 Å². The first-order valence-corrected chi connectivity index (χ1v) is 14.4. The molecule has 5 aromatic carbocycles. The highest BCUT2D eigenvalue weighted by Crippen LogP contribution is 2.42. The molecule has 0 radical (unpaired) electrons. The molecule has 3 nitrogen and oxygen atoms in total. The van der Waals surface area contributed by atoms with Gasteiger partial charge in [-0.2, -0.15) is 0 Å². The minimum atomic E-state index is -0.821. The first kappa shape index (κ1) is 26.7. The molecule has 1 N–H and O–H groups in total. The summed E-state index contributed by atoms with van der Waals surface area (Å²) in [5, 5.41) is 3.35. The number of amides is 1. The van der Waals surface area contributed by atoms with Gasteiger partial charge in [0.15, 0.2) is 0 Å². The summed E-state index contributed by atoms with van der Waals surface area (Å²) in [5.41, 5.74) is 4.15. The highest BCUT2D eigenvalue weighted by atomic mass is 16.5. The fourth-order valence-electron chi connectivity index (χ4n) is 6.39. The minimum absolute atomic E-state index is 0.100. The number of hydrogen-bond donors (Lipinski definition) is 1. The first-order chi connectivity index (χ1) is 20.2. The second-order valence-electron chi connectivity index (χ2n) is 11.1. The van der Waals surface area contributed by atoms with E-state index in [0.717, 1.165) is 16.7 Å². The second kappa shape index (κ2) is 12.0. The maximum absolute atomic E-state index is 13.9. The van der Waals surface area contributed by atoms with Crippen LogP contribution in [-0.4, -0.2) is 18.6 Å². The molecule has 0 aliphatic carbocycles. The van der Waals surface area contributed by atoms with Gasteiger partial charge < -0.3 is 10.1 Å². The monoisotopic (exact) mass is 537 g/mol. The smallest absolute Gasteiger partial charge is 0.227 e. The summed E-state index contributed by atoms with van der Waals surface area (Å²) in [7, 11) is 0. The minimum Gasteiger partial charge on any atom is -0.359 e. The Labute approximate surface area is 242 Å². The van der Waals surface area contributed by atoms with Crippen molar-refractivity contribution < 1.29 is 9.53 Å². The Hall–Kier alpha value is -4.47. The molecule has 1 fully saturated rings. The van der Waals surface area contributed by atoms with E-state index in [9.17, 15) is 4.79 Å². The van der Waals surface area contributed by atoms with E-state index >= 15 is 0 Å². The molecular weight excluding hydrogens is 502 g/mol. The number of ether oxygens (including phenoxy) is 1. The van der Waals surface area contributed by atoms with Gasteiger partial charge in [0, 0.05) is 0 Å². The summed E-state index contributed by atoms with van der Waals surface area (Å²) >= 11 is 0. The molecule has 0 saturated carbocycles. The molecule has 1 aliphatic rings. The fourth-order valence-corrected chi connectivity index (χ4v) is 6.39. The zero-order valence-corrected chi connectivity index (χ0v) is 23.2. The lowest BCUT2D eigenvalue weighted by molar-refractivity contribution is -0.127. The largest absolute Gasteiger partial charge is 0.359 e. The van der Waals surface area contributed by atoms with Gasteiger partial charge in [0.2, 0.25) is 5.91 Å². The third kappa shape index (κ3) is 5.59. The summed E-state index contributed by atoms with van der Waals surface area (Å²) in [6.45, 7) is 0.385. The molecule has 3 heteroatoms. The topological polar surface area (TPSA) is 38.3 Å². The Morgan fingerprint density at radius 1 is 0.585 bits per heavy atom. The third-order valence-corrected chi connectivity index (χ3v) is 8.27. The van der Waals surface area contributed by atoms with Gasteiger partial charge in [-0.15, -0.1) is 0 Å². The van der Waals surface area contributed by atoms with E-state index in [-0.39, 0.29) is 11.9 Å². The lowest BCUT2D eigenvalue weighted by atomic mass is 9.74. The van der Waals surface area contributed by atoms with Crippen molar-refractivity contribution in [3.63, 3.8) is 0 Å². The van der Waals surface area contributed by atoms with E-state index in [1.807, 2.05) is 54.6 Å². The Morgan fingerprint density at radius 3 is 1.34 bits per heavy atom. The maximum atomic E-state index is 13.9. The van der Waals surface area contributed by atoms with Crippen molar-refractivity contribution in [2.24, 2.45) is 5.41 Å². The van der Waals surface area contributed by atoms with E-state index in [1.54, 1.807) is 0 Å². The number of carbonyl (C=O) groups excluding carboxylic acids is 1. The molecule has 0 bridgehead atoms. The summed E-state index contributed by atoms with van der Waals surface area (Å²) < 4.78 is 7.10. The van der Waals surface area contributed by atoms with Crippen LogP contribution in [0.2, 0.25) is 0 Å². The van der Waals surface area contributed by atoms with Gasteiger partial charge in [-0.3, -0.25) is 4.79 Å². The summed E-state index contributed by atoms with van der Waals surface area (Å²) in [6.07, 6.45) is 2.07. The zero-order chi connectivity index (χ0) is 28.0. The molecule has 1 saturated heterocycles. The summed E-state index contributed by atoms with van der Waals surface area (Å²) in [5.74, 6) is 0.100. The Kier molecular flexibility index (Phi) is 7.80. The number of nitrogens with one attached hydrogen (secondary N) is 1. The van der Waals surface area contributed by atoms with Crippen LogP contribution in [0.3, 0.4) is 0 Å². The second-order valence-corrected chi connectivity index (χ2v) is 11.1. The predicted molar refractivity (Wildman–Crippen MR) is 164 cm³/mol. The van der Waals surface area contributed by atoms with Crippen LogP contribution in [0.5, 0.6) is 0 Å². The van der Waals surface area contributed by atoms with Crippen molar-refractivity contribution in [1.82, 2.24) is 5.32 Å². The Bertz CT molecular complexity index is 1400. The zero-order valence-electron chi connectivity index (χ0n) is 23.2. The van der Waals surface area contributed by atoms with E-state index in [2.05, 4.69) is 102 Å². The van der Waals surface area contributed by atoms with E-state index in [4.69, 9.17) is 4.74 Å². The highest BCUT2D eigenvalue weighted by molar-refractivity contribution is 5.86. The maximum Gasteiger partial charge on any atom is 0.227 e. The molecule has 1 aliphatic heterocycles. The molecule has 6 rings (SSSR count). The van der Waals surface area contributed by atoms with Crippen molar-refractivity contribution in [2.75, 3.05) is 6.61 Å². The molecule has 0 aromatic heterocycles. The molecule has 204 valence electrons. The van der Waals surface area contributed by atoms with Crippen LogP contribution < -0.4 is 5.32 Å². The predicted octanol–water partition coefficient (Wildman–Crippen LogP) is 7.36. The van der Waals surface area contributed by atoms with Crippen molar-refractivity contribution in [3.8, 4) is 0 Å².